The molecule has 6 heteroatoms. The number of esters is 1. The van der Waals surface area contributed by atoms with Crippen LogP contribution in [0.5, 0.6) is 0 Å². The predicted octanol–water partition coefficient (Wildman–Crippen LogP) is 1.71. The molecule has 1 aliphatic carbocycles. The topological polar surface area (TPSA) is 67.4 Å². The quantitative estimate of drug-likeness (QED) is 0.833. The summed E-state index contributed by atoms with van der Waals surface area (Å²) < 4.78 is 4.87. The van der Waals surface area contributed by atoms with Crippen LogP contribution in [-0.4, -0.2) is 31.6 Å². The number of methoxy groups -OCH3 is 1. The van der Waals surface area contributed by atoms with Gasteiger partial charge in [-0.15, -0.1) is 11.3 Å². The Morgan fingerprint density at radius 3 is 2.90 bits per heavy atom. The minimum atomic E-state index is -0.348. The number of aryl methyl sites for hydroxylation is 1. The van der Waals surface area contributed by atoms with E-state index in [4.69, 9.17) is 4.74 Å². The summed E-state index contributed by atoms with van der Waals surface area (Å²) >= 11 is 1.52. The first-order valence-electron chi connectivity index (χ1n) is 6.98. The van der Waals surface area contributed by atoms with Gasteiger partial charge in [0, 0.05) is 4.88 Å². The van der Waals surface area contributed by atoms with Gasteiger partial charge in [0.25, 0.3) is 0 Å². The molecule has 2 aliphatic rings. The highest BCUT2D eigenvalue weighted by Gasteiger charge is 2.30. The highest BCUT2D eigenvalue weighted by Crippen LogP contribution is 2.39. The maximum Gasteiger partial charge on any atom is 0.341 e. The summed E-state index contributed by atoms with van der Waals surface area (Å²) in [7, 11) is 1.38. The zero-order chi connectivity index (χ0) is 14.1. The normalized spacial score (nSPS) is 20.8. The minimum Gasteiger partial charge on any atom is -0.465 e. The minimum absolute atomic E-state index is 0.0485. The van der Waals surface area contributed by atoms with Gasteiger partial charge in [-0.05, 0) is 44.2 Å². The molecule has 5 nitrogen and oxygen atoms in total. The van der Waals surface area contributed by atoms with E-state index in [1.54, 1.807) is 0 Å². The summed E-state index contributed by atoms with van der Waals surface area (Å²) in [6.07, 6.45) is 4.83. The summed E-state index contributed by atoms with van der Waals surface area (Å²) in [6, 6.07) is -0.141. The number of hydrogen-bond donors (Lipinski definition) is 2. The van der Waals surface area contributed by atoms with Crippen molar-refractivity contribution >= 4 is 28.2 Å². The average molecular weight is 294 g/mol. The van der Waals surface area contributed by atoms with Crippen LogP contribution in [0, 0.1) is 0 Å². The van der Waals surface area contributed by atoms with Crippen molar-refractivity contribution in [3.63, 3.8) is 0 Å². The Morgan fingerprint density at radius 2 is 2.20 bits per heavy atom. The van der Waals surface area contributed by atoms with Gasteiger partial charge >= 0.3 is 5.97 Å². The molecule has 1 aliphatic heterocycles. The van der Waals surface area contributed by atoms with Gasteiger partial charge in [-0.3, -0.25) is 4.79 Å². The van der Waals surface area contributed by atoms with E-state index in [1.807, 2.05) is 0 Å². The van der Waals surface area contributed by atoms with Gasteiger partial charge in [0.15, 0.2) is 0 Å². The van der Waals surface area contributed by atoms with Gasteiger partial charge < -0.3 is 15.4 Å². The number of carbonyl (C=O) groups excluding carboxylic acids is 2. The molecule has 1 aromatic heterocycles. The molecule has 0 spiro atoms. The number of hydrogen-bond acceptors (Lipinski definition) is 5. The molecule has 1 aromatic rings. The molecule has 0 radical (unpaired) electrons. The van der Waals surface area contributed by atoms with Crippen molar-refractivity contribution in [2.45, 2.75) is 38.1 Å². The molecule has 3 rings (SSSR count). The van der Waals surface area contributed by atoms with Crippen molar-refractivity contribution in [2.24, 2.45) is 0 Å². The first-order chi connectivity index (χ1) is 9.70. The van der Waals surface area contributed by atoms with Gasteiger partial charge in [0.2, 0.25) is 5.91 Å². The summed E-state index contributed by atoms with van der Waals surface area (Å²) in [5, 5.41) is 6.73. The fourth-order valence-corrected chi connectivity index (χ4v) is 4.20. The number of ether oxygens (including phenoxy) is 1. The third kappa shape index (κ3) is 2.33. The molecular weight excluding hydrogens is 276 g/mol. The third-order valence-corrected chi connectivity index (χ3v) is 5.13. The predicted molar refractivity (Wildman–Crippen MR) is 77.3 cm³/mol. The molecule has 1 unspecified atom stereocenters. The van der Waals surface area contributed by atoms with Crippen LogP contribution >= 0.6 is 11.3 Å². The molecule has 20 heavy (non-hydrogen) atoms. The van der Waals surface area contributed by atoms with Gasteiger partial charge in [0.1, 0.15) is 5.00 Å². The summed E-state index contributed by atoms with van der Waals surface area (Å²) in [5.41, 5.74) is 1.63. The Balaban J connectivity index is 1.85. The van der Waals surface area contributed by atoms with Crippen LogP contribution in [-0.2, 0) is 22.4 Å². The number of nitrogens with one attached hydrogen (secondary N) is 2. The Labute approximate surface area is 121 Å². The van der Waals surface area contributed by atoms with Crippen LogP contribution in [0.2, 0.25) is 0 Å². The second-order valence-electron chi connectivity index (χ2n) is 5.19. The summed E-state index contributed by atoms with van der Waals surface area (Å²) in [5.74, 6) is -0.397. The van der Waals surface area contributed by atoms with E-state index in [-0.39, 0.29) is 17.9 Å². The lowest BCUT2D eigenvalue weighted by atomic mass is 10.1. The van der Waals surface area contributed by atoms with Crippen LogP contribution in [0.1, 0.15) is 40.1 Å². The molecule has 0 bridgehead atoms. The van der Waals surface area contributed by atoms with E-state index in [2.05, 4.69) is 10.6 Å². The van der Waals surface area contributed by atoms with Crippen LogP contribution in [0.15, 0.2) is 0 Å². The molecule has 108 valence electrons. The highest BCUT2D eigenvalue weighted by molar-refractivity contribution is 7.17. The average Bonchev–Trinajstić information content (AvgIpc) is 3.13. The Bertz CT molecular complexity index is 547. The number of amides is 1. The first kappa shape index (κ1) is 13.6. The fraction of sp³-hybridized carbons (Fsp3) is 0.571. The summed E-state index contributed by atoms with van der Waals surface area (Å²) in [4.78, 5) is 25.4. The molecule has 1 fully saturated rings. The van der Waals surface area contributed by atoms with E-state index >= 15 is 0 Å². The van der Waals surface area contributed by atoms with E-state index in [1.165, 1.54) is 23.3 Å². The number of rotatable bonds is 3. The molecule has 0 saturated carbocycles. The zero-order valence-corrected chi connectivity index (χ0v) is 12.3. The van der Waals surface area contributed by atoms with E-state index < -0.39 is 0 Å². The molecule has 0 aromatic carbocycles. The van der Waals surface area contributed by atoms with E-state index in [0.717, 1.165) is 44.2 Å². The zero-order valence-electron chi connectivity index (χ0n) is 11.5. The largest absolute Gasteiger partial charge is 0.465 e. The molecule has 2 heterocycles. The van der Waals surface area contributed by atoms with Gasteiger partial charge in [-0.1, -0.05) is 0 Å². The van der Waals surface area contributed by atoms with Crippen molar-refractivity contribution in [1.82, 2.24) is 5.32 Å². The summed E-state index contributed by atoms with van der Waals surface area (Å²) in [6.45, 7) is 0.878. The number of anilines is 1. The lowest BCUT2D eigenvalue weighted by Gasteiger charge is -2.11. The highest BCUT2D eigenvalue weighted by atomic mass is 32.1. The van der Waals surface area contributed by atoms with Crippen LogP contribution in [0.3, 0.4) is 0 Å². The second kappa shape index (κ2) is 5.54. The number of fused-ring (bicyclic) bond motifs is 1. The van der Waals surface area contributed by atoms with Gasteiger partial charge in [0.05, 0.1) is 18.7 Å². The van der Waals surface area contributed by atoms with Crippen molar-refractivity contribution in [3.8, 4) is 0 Å². The maximum absolute atomic E-state index is 12.2. The number of carbonyl (C=O) groups is 2. The van der Waals surface area contributed by atoms with Gasteiger partial charge in [-0.2, -0.15) is 0 Å². The van der Waals surface area contributed by atoms with Crippen LogP contribution < -0.4 is 10.6 Å². The Hall–Kier alpha value is -1.40. The SMILES string of the molecule is COC(=O)c1c(NC(=O)C2CCCN2)sc2c1CCC2. The van der Waals surface area contributed by atoms with Crippen molar-refractivity contribution in [1.29, 1.82) is 0 Å². The Kier molecular flexibility index (Phi) is 3.76. The maximum atomic E-state index is 12.2. The Morgan fingerprint density at radius 1 is 1.35 bits per heavy atom. The number of thiophene rings is 1. The van der Waals surface area contributed by atoms with E-state index in [9.17, 15) is 9.59 Å². The monoisotopic (exact) mass is 294 g/mol. The van der Waals surface area contributed by atoms with Crippen molar-refractivity contribution in [3.05, 3.63) is 16.0 Å². The molecule has 1 amide bonds. The molecular formula is C14H18N2O3S. The van der Waals surface area contributed by atoms with Crippen LogP contribution in [0.4, 0.5) is 5.00 Å². The molecule has 1 saturated heterocycles. The van der Waals surface area contributed by atoms with Crippen molar-refractivity contribution < 1.29 is 14.3 Å². The third-order valence-electron chi connectivity index (χ3n) is 3.92. The first-order valence-corrected chi connectivity index (χ1v) is 7.79. The lowest BCUT2D eigenvalue weighted by Crippen LogP contribution is -2.35. The van der Waals surface area contributed by atoms with Crippen molar-refractivity contribution in [2.75, 3.05) is 19.0 Å². The standard InChI is InChI=1S/C14H18N2O3S/c1-19-14(18)11-8-4-2-6-10(8)20-13(11)16-12(17)9-5-3-7-15-9/h9,15H,2-7H2,1H3,(H,16,17). The fourth-order valence-electron chi connectivity index (χ4n) is 2.92. The van der Waals surface area contributed by atoms with E-state index in [0.29, 0.717) is 10.6 Å². The smallest absolute Gasteiger partial charge is 0.341 e. The molecule has 1 atom stereocenters. The van der Waals surface area contributed by atoms with Crippen LogP contribution in [0.25, 0.3) is 0 Å². The lowest BCUT2D eigenvalue weighted by molar-refractivity contribution is -0.117. The molecule has 2 N–H and O–H groups in total. The van der Waals surface area contributed by atoms with Gasteiger partial charge in [-0.25, -0.2) is 4.79 Å². The second-order valence-corrected chi connectivity index (χ2v) is 6.30.